The summed E-state index contributed by atoms with van der Waals surface area (Å²) in [5.74, 6) is 0.285. The summed E-state index contributed by atoms with van der Waals surface area (Å²) in [6.07, 6.45) is 8.42. The molecule has 6 rings (SSSR count). The maximum Gasteiger partial charge on any atom is 0.472 e. The van der Waals surface area contributed by atoms with Crippen LogP contribution in [0.1, 0.15) is 44.9 Å². The van der Waals surface area contributed by atoms with Gasteiger partial charge in [-0.25, -0.2) is 19.2 Å². The van der Waals surface area contributed by atoms with E-state index in [1.807, 2.05) is 24.3 Å². The number of carbonyl (C=O) groups excluding carboxylic acids is 1. The number of ether oxygens (including phenoxy) is 1. The van der Waals surface area contributed by atoms with Gasteiger partial charge in [0, 0.05) is 37.6 Å². The van der Waals surface area contributed by atoms with Crippen LogP contribution in [0, 0.1) is 11.3 Å². The average molecular weight is 600 g/mol. The maximum atomic E-state index is 12.7. The Balaban J connectivity index is 1.10. The quantitative estimate of drug-likeness (QED) is 0.168. The summed E-state index contributed by atoms with van der Waals surface area (Å²) in [5, 5.41) is 10.1. The largest absolute Gasteiger partial charge is 0.472 e. The summed E-state index contributed by atoms with van der Waals surface area (Å²) in [6, 6.07) is 7.94. The van der Waals surface area contributed by atoms with Gasteiger partial charge in [0.25, 0.3) is 5.56 Å². The highest BCUT2D eigenvalue weighted by Crippen LogP contribution is 2.60. The third-order valence-electron chi connectivity index (χ3n) is 8.54. The van der Waals surface area contributed by atoms with Crippen molar-refractivity contribution in [2.24, 2.45) is 11.3 Å². The van der Waals surface area contributed by atoms with Gasteiger partial charge >= 0.3 is 13.8 Å². The Labute approximate surface area is 241 Å². The maximum absolute atomic E-state index is 12.7. The third kappa shape index (κ3) is 6.26. The van der Waals surface area contributed by atoms with Crippen LogP contribution in [0.2, 0.25) is 0 Å². The van der Waals surface area contributed by atoms with Crippen molar-refractivity contribution in [3.63, 3.8) is 0 Å². The van der Waals surface area contributed by atoms with Gasteiger partial charge in [-0.05, 0) is 61.8 Å². The molecule has 3 aromatic rings. The zero-order valence-corrected chi connectivity index (χ0v) is 24.0. The number of nitrogens with zero attached hydrogens (tertiary/aromatic N) is 5. The number of rotatable bonds is 8. The van der Waals surface area contributed by atoms with Crippen molar-refractivity contribution in [1.29, 1.82) is 0 Å². The van der Waals surface area contributed by atoms with E-state index in [9.17, 15) is 14.2 Å². The molecule has 0 bridgehead atoms. The molecule has 3 fully saturated rings. The van der Waals surface area contributed by atoms with E-state index < -0.39 is 20.6 Å². The lowest BCUT2D eigenvalue weighted by molar-refractivity contribution is -0.153. The van der Waals surface area contributed by atoms with Gasteiger partial charge in [0.2, 0.25) is 12.7 Å². The molecule has 14 nitrogen and oxygen atoms in total. The minimum atomic E-state index is -4.68. The molecule has 4 N–H and O–H groups in total. The van der Waals surface area contributed by atoms with Gasteiger partial charge in [-0.3, -0.25) is 9.59 Å². The first-order chi connectivity index (χ1) is 20.2. The molecule has 2 aromatic heterocycles. The highest BCUT2D eigenvalue weighted by molar-refractivity contribution is 7.46. The Morgan fingerprint density at radius 2 is 1.76 bits per heavy atom. The molecule has 0 unspecified atom stereocenters. The van der Waals surface area contributed by atoms with Crippen molar-refractivity contribution < 1.29 is 28.4 Å². The number of piperidine rings is 1. The molecule has 3 aliphatic rings. The molecular weight excluding hydrogens is 565 g/mol. The van der Waals surface area contributed by atoms with Crippen LogP contribution >= 0.6 is 7.82 Å². The number of phosphoric acid groups is 1. The average Bonchev–Trinajstić information content (AvgIpc) is 3.73. The molecule has 1 saturated carbocycles. The smallest absolute Gasteiger partial charge is 0.438 e. The van der Waals surface area contributed by atoms with Gasteiger partial charge in [0.1, 0.15) is 16.7 Å². The van der Waals surface area contributed by atoms with Crippen LogP contribution in [0.4, 0.5) is 23.1 Å². The second-order valence-electron chi connectivity index (χ2n) is 11.2. The Hall–Kier alpha value is -3.58. The molecular formula is C27H34N7O7P. The van der Waals surface area contributed by atoms with Gasteiger partial charge in [0.15, 0.2) is 0 Å². The number of hydrogen-bond donors (Lipinski definition) is 4. The fraction of sp³-hybridized carbons (Fsp3) is 0.519. The van der Waals surface area contributed by atoms with Crippen molar-refractivity contribution in [1.82, 2.24) is 20.2 Å². The van der Waals surface area contributed by atoms with Gasteiger partial charge in [-0.1, -0.05) is 12.8 Å². The molecule has 0 amide bonds. The molecule has 42 heavy (non-hydrogen) atoms. The molecule has 0 radical (unpaired) electrons. The van der Waals surface area contributed by atoms with Crippen LogP contribution in [0.5, 0.6) is 0 Å². The molecule has 2 aliphatic heterocycles. The van der Waals surface area contributed by atoms with E-state index in [1.165, 1.54) is 12.8 Å². The van der Waals surface area contributed by atoms with Crippen molar-refractivity contribution in [3.8, 4) is 0 Å². The minimum Gasteiger partial charge on any atom is -0.438 e. The highest BCUT2D eigenvalue weighted by Gasteiger charge is 2.59. The predicted octanol–water partition coefficient (Wildman–Crippen LogP) is 3.05. The summed E-state index contributed by atoms with van der Waals surface area (Å²) < 4.78 is 19.9. The number of H-pyrrole nitrogens is 1. The number of hydrogen-bond acceptors (Lipinski definition) is 11. The van der Waals surface area contributed by atoms with Crippen molar-refractivity contribution >= 4 is 47.8 Å². The van der Waals surface area contributed by atoms with E-state index in [4.69, 9.17) is 19.5 Å². The number of anilines is 4. The fourth-order valence-electron chi connectivity index (χ4n) is 6.08. The number of carbonyl (C=O) groups is 1. The molecule has 2 saturated heterocycles. The number of esters is 1. The van der Waals surface area contributed by atoms with Crippen LogP contribution in [0.25, 0.3) is 10.9 Å². The Morgan fingerprint density at radius 3 is 2.45 bits per heavy atom. The third-order valence-corrected chi connectivity index (χ3v) is 8.99. The zero-order chi connectivity index (χ0) is 29.3. The summed E-state index contributed by atoms with van der Waals surface area (Å²) in [4.78, 5) is 56.3. The van der Waals surface area contributed by atoms with E-state index >= 15 is 0 Å². The number of phosphoric ester groups is 1. The first-order valence-electron chi connectivity index (χ1n) is 14.2. The van der Waals surface area contributed by atoms with Crippen molar-refractivity contribution in [3.05, 3.63) is 40.8 Å². The predicted molar refractivity (Wildman–Crippen MR) is 154 cm³/mol. The Morgan fingerprint density at radius 1 is 1.05 bits per heavy atom. The molecule has 4 heterocycles. The lowest BCUT2D eigenvalue weighted by Gasteiger charge is -2.34. The van der Waals surface area contributed by atoms with Crippen molar-refractivity contribution in [2.75, 3.05) is 48.1 Å². The normalized spacial score (nSPS) is 20.4. The SMILES string of the molecule is O=C(OCOP(=O)(O)O)[C@H]1CC12CCN(c1ccc(Nc3nc(N4CCCCCC4)nc4cn[nH]c(=O)c34)cc1)CC2. The second kappa shape index (κ2) is 11.6. The summed E-state index contributed by atoms with van der Waals surface area (Å²) >= 11 is 0. The van der Waals surface area contributed by atoms with Gasteiger partial charge < -0.3 is 29.6 Å². The van der Waals surface area contributed by atoms with Crippen molar-refractivity contribution in [2.45, 2.75) is 44.9 Å². The monoisotopic (exact) mass is 599 g/mol. The lowest BCUT2D eigenvalue weighted by atomic mass is 9.90. The van der Waals surface area contributed by atoms with Crippen LogP contribution in [-0.2, 0) is 18.6 Å². The number of nitrogens with one attached hydrogen (secondary N) is 2. The summed E-state index contributed by atoms with van der Waals surface area (Å²) in [5.41, 5.74) is 1.84. The molecule has 1 aromatic carbocycles. The van der Waals surface area contributed by atoms with E-state index in [-0.39, 0.29) is 16.9 Å². The van der Waals surface area contributed by atoms with Gasteiger partial charge in [0.05, 0.1) is 12.1 Å². The number of aromatic amines is 1. The minimum absolute atomic E-state index is 0.127. The molecule has 15 heteroatoms. The van der Waals surface area contributed by atoms with E-state index in [0.29, 0.717) is 29.1 Å². The van der Waals surface area contributed by atoms with Crippen LogP contribution in [0.3, 0.4) is 0 Å². The summed E-state index contributed by atoms with van der Waals surface area (Å²) in [6.45, 7) is 2.54. The topological polar surface area (TPSA) is 183 Å². The summed E-state index contributed by atoms with van der Waals surface area (Å²) in [7, 11) is -4.68. The Bertz CT molecular complexity index is 1540. The van der Waals surface area contributed by atoms with Gasteiger partial charge in [-0.15, -0.1) is 0 Å². The molecule has 1 atom stereocenters. The van der Waals surface area contributed by atoms with E-state index in [0.717, 1.165) is 63.2 Å². The first-order valence-corrected chi connectivity index (χ1v) is 15.7. The van der Waals surface area contributed by atoms with Crippen LogP contribution in [-0.4, -0.2) is 68.9 Å². The lowest BCUT2D eigenvalue weighted by Crippen LogP contribution is -2.35. The standard InChI is InChI=1S/C27H34N7O7P/c35-24-22-21(16-28-32-24)30-26(34-11-3-1-2-4-12-34)31-23(22)29-18-5-7-19(8-6-18)33-13-9-27(10-14-33)15-20(27)25(36)40-17-41-42(37,38)39/h5-8,16,20H,1-4,9-15,17H2,(H,32,35)(H,29,30,31)(H2,37,38,39)/t20-/m1/s1. The van der Waals surface area contributed by atoms with E-state index in [1.54, 1.807) is 6.20 Å². The molecule has 1 spiro atoms. The number of aromatic nitrogens is 4. The van der Waals surface area contributed by atoms with E-state index in [2.05, 4.69) is 34.8 Å². The first kappa shape index (κ1) is 28.5. The number of benzene rings is 1. The van der Waals surface area contributed by atoms with Crippen LogP contribution < -0.4 is 20.7 Å². The second-order valence-corrected chi connectivity index (χ2v) is 12.5. The van der Waals surface area contributed by atoms with Gasteiger partial charge in [-0.2, -0.15) is 10.1 Å². The molecule has 224 valence electrons. The van der Waals surface area contributed by atoms with Crippen LogP contribution in [0.15, 0.2) is 35.3 Å². The Kier molecular flexibility index (Phi) is 7.88. The zero-order valence-electron chi connectivity index (χ0n) is 23.1. The highest BCUT2D eigenvalue weighted by atomic mass is 31.2. The number of fused-ring (bicyclic) bond motifs is 1. The molecule has 1 aliphatic carbocycles. The fourth-order valence-corrected chi connectivity index (χ4v) is 6.27.